The number of anilines is 1. The summed E-state index contributed by atoms with van der Waals surface area (Å²) in [7, 11) is 0. The molecule has 2 N–H and O–H groups in total. The summed E-state index contributed by atoms with van der Waals surface area (Å²) < 4.78 is 7.47. The van der Waals surface area contributed by atoms with Gasteiger partial charge in [0.15, 0.2) is 0 Å². The van der Waals surface area contributed by atoms with Crippen LogP contribution in [-0.4, -0.2) is 49.9 Å². The SMILES string of the molecule is O=C(Nc1cnn(C[C@H]2CCCO2)c1)N1CCCC[C@@H]1c1ncc[nH]1. The third kappa shape index (κ3) is 3.68. The van der Waals surface area contributed by atoms with Crippen LogP contribution in [0.15, 0.2) is 24.8 Å². The topological polar surface area (TPSA) is 88.1 Å². The molecular formula is C17H24N6O2. The molecule has 0 spiro atoms. The van der Waals surface area contributed by atoms with E-state index in [1.807, 2.05) is 15.8 Å². The average Bonchev–Trinajstić information content (AvgIpc) is 3.38. The van der Waals surface area contributed by atoms with Gasteiger partial charge in [0.05, 0.1) is 30.6 Å². The molecule has 2 saturated heterocycles. The van der Waals surface area contributed by atoms with Gasteiger partial charge >= 0.3 is 6.03 Å². The van der Waals surface area contributed by atoms with E-state index < -0.39 is 0 Å². The van der Waals surface area contributed by atoms with Crippen LogP contribution in [0.4, 0.5) is 10.5 Å². The third-order valence-corrected chi connectivity index (χ3v) is 4.90. The largest absolute Gasteiger partial charge is 0.376 e. The zero-order valence-electron chi connectivity index (χ0n) is 14.2. The number of urea groups is 1. The summed E-state index contributed by atoms with van der Waals surface area (Å²) in [5, 5.41) is 7.30. The molecule has 2 fully saturated rings. The standard InChI is InChI=1S/C17H24N6O2/c24-17(23-8-2-1-5-15(23)16-18-6-7-19-16)21-13-10-20-22(11-13)12-14-4-3-9-25-14/h6-7,10-11,14-15H,1-5,8-9,12H2,(H,18,19)(H,21,24)/t14-,15-/m1/s1. The second-order valence-corrected chi connectivity index (χ2v) is 6.70. The first-order chi connectivity index (χ1) is 12.3. The molecule has 134 valence electrons. The molecule has 2 aliphatic rings. The highest BCUT2D eigenvalue weighted by Gasteiger charge is 2.29. The minimum Gasteiger partial charge on any atom is -0.376 e. The predicted octanol–water partition coefficient (Wildman–Crippen LogP) is 2.54. The number of hydrogen-bond donors (Lipinski definition) is 2. The van der Waals surface area contributed by atoms with Crippen LogP contribution in [0.3, 0.4) is 0 Å². The van der Waals surface area contributed by atoms with Crippen molar-refractivity contribution in [3.05, 3.63) is 30.6 Å². The maximum atomic E-state index is 12.7. The van der Waals surface area contributed by atoms with Crippen LogP contribution in [0.5, 0.6) is 0 Å². The number of nitrogens with one attached hydrogen (secondary N) is 2. The number of hydrogen-bond acceptors (Lipinski definition) is 4. The van der Waals surface area contributed by atoms with Crippen LogP contribution in [-0.2, 0) is 11.3 Å². The molecule has 0 unspecified atom stereocenters. The van der Waals surface area contributed by atoms with E-state index in [4.69, 9.17) is 4.74 Å². The van der Waals surface area contributed by atoms with E-state index in [1.54, 1.807) is 18.6 Å². The number of aromatic amines is 1. The Hall–Kier alpha value is -2.35. The molecule has 4 heterocycles. The van der Waals surface area contributed by atoms with Crippen molar-refractivity contribution >= 4 is 11.7 Å². The molecule has 2 aromatic rings. The van der Waals surface area contributed by atoms with Gasteiger partial charge in [-0.05, 0) is 32.1 Å². The van der Waals surface area contributed by atoms with Crippen LogP contribution in [0, 0.1) is 0 Å². The Morgan fingerprint density at radius 2 is 2.32 bits per heavy atom. The smallest absolute Gasteiger partial charge is 0.322 e. The second-order valence-electron chi connectivity index (χ2n) is 6.70. The van der Waals surface area contributed by atoms with Gasteiger partial charge in [-0.3, -0.25) is 4.68 Å². The Bertz CT molecular complexity index is 692. The molecule has 0 aromatic carbocycles. The van der Waals surface area contributed by atoms with Crippen molar-refractivity contribution in [2.75, 3.05) is 18.5 Å². The molecule has 2 amide bonds. The first-order valence-electron chi connectivity index (χ1n) is 9.00. The summed E-state index contributed by atoms with van der Waals surface area (Å²) in [4.78, 5) is 22.1. The molecule has 25 heavy (non-hydrogen) atoms. The number of rotatable bonds is 4. The third-order valence-electron chi connectivity index (χ3n) is 4.90. The van der Waals surface area contributed by atoms with E-state index in [0.717, 1.165) is 57.6 Å². The number of amides is 2. The van der Waals surface area contributed by atoms with Gasteiger partial charge in [-0.1, -0.05) is 0 Å². The van der Waals surface area contributed by atoms with Gasteiger partial charge in [-0.2, -0.15) is 5.10 Å². The number of H-pyrrole nitrogens is 1. The summed E-state index contributed by atoms with van der Waals surface area (Å²) in [5.74, 6) is 0.851. The van der Waals surface area contributed by atoms with E-state index in [-0.39, 0.29) is 18.2 Å². The molecule has 2 aliphatic heterocycles. The Labute approximate surface area is 146 Å². The number of carbonyl (C=O) groups is 1. The highest BCUT2D eigenvalue weighted by atomic mass is 16.5. The lowest BCUT2D eigenvalue weighted by Crippen LogP contribution is -2.41. The van der Waals surface area contributed by atoms with Crippen molar-refractivity contribution in [1.29, 1.82) is 0 Å². The van der Waals surface area contributed by atoms with Gasteiger partial charge in [0.2, 0.25) is 0 Å². The lowest BCUT2D eigenvalue weighted by molar-refractivity contribution is 0.0940. The number of imidazole rings is 1. The number of ether oxygens (including phenoxy) is 1. The van der Waals surface area contributed by atoms with Crippen LogP contribution in [0.1, 0.15) is 44.0 Å². The van der Waals surface area contributed by atoms with Crippen LogP contribution >= 0.6 is 0 Å². The zero-order chi connectivity index (χ0) is 17.1. The van der Waals surface area contributed by atoms with Gasteiger partial charge in [0.1, 0.15) is 5.82 Å². The van der Waals surface area contributed by atoms with E-state index >= 15 is 0 Å². The Balaban J connectivity index is 1.39. The van der Waals surface area contributed by atoms with Gasteiger partial charge < -0.3 is 19.9 Å². The fraction of sp³-hybridized carbons (Fsp3) is 0.588. The first-order valence-corrected chi connectivity index (χ1v) is 9.00. The number of piperidine rings is 1. The van der Waals surface area contributed by atoms with E-state index in [2.05, 4.69) is 20.4 Å². The summed E-state index contributed by atoms with van der Waals surface area (Å²) in [6.07, 6.45) is 12.6. The van der Waals surface area contributed by atoms with Crippen molar-refractivity contribution in [3.8, 4) is 0 Å². The predicted molar refractivity (Wildman–Crippen MR) is 92.1 cm³/mol. The van der Waals surface area contributed by atoms with Gasteiger partial charge in [0, 0.05) is 31.7 Å². The fourth-order valence-corrected chi connectivity index (χ4v) is 3.64. The molecule has 2 aromatic heterocycles. The fourth-order valence-electron chi connectivity index (χ4n) is 3.64. The molecule has 0 aliphatic carbocycles. The Morgan fingerprint density at radius 3 is 3.12 bits per heavy atom. The lowest BCUT2D eigenvalue weighted by Gasteiger charge is -2.34. The van der Waals surface area contributed by atoms with Crippen molar-refractivity contribution < 1.29 is 9.53 Å². The van der Waals surface area contributed by atoms with Crippen LogP contribution in [0.25, 0.3) is 0 Å². The van der Waals surface area contributed by atoms with Crippen molar-refractivity contribution in [3.63, 3.8) is 0 Å². The number of aromatic nitrogens is 4. The second kappa shape index (κ2) is 7.26. The normalized spacial score (nSPS) is 23.8. The quantitative estimate of drug-likeness (QED) is 0.892. The number of nitrogens with zero attached hydrogens (tertiary/aromatic N) is 4. The molecule has 0 radical (unpaired) electrons. The molecule has 0 saturated carbocycles. The number of carbonyl (C=O) groups excluding carboxylic acids is 1. The Kier molecular flexibility index (Phi) is 4.69. The zero-order valence-corrected chi connectivity index (χ0v) is 14.2. The summed E-state index contributed by atoms with van der Waals surface area (Å²) in [6.45, 7) is 2.30. The van der Waals surface area contributed by atoms with E-state index in [1.165, 1.54) is 0 Å². The highest BCUT2D eigenvalue weighted by Crippen LogP contribution is 2.29. The highest BCUT2D eigenvalue weighted by molar-refractivity contribution is 5.89. The first kappa shape index (κ1) is 16.1. The van der Waals surface area contributed by atoms with Gasteiger partial charge in [-0.25, -0.2) is 9.78 Å². The maximum absolute atomic E-state index is 12.7. The molecule has 4 rings (SSSR count). The summed E-state index contributed by atoms with van der Waals surface area (Å²) in [5.41, 5.74) is 0.715. The van der Waals surface area contributed by atoms with Crippen LogP contribution < -0.4 is 5.32 Å². The molecule has 8 heteroatoms. The average molecular weight is 344 g/mol. The van der Waals surface area contributed by atoms with E-state index in [0.29, 0.717) is 5.69 Å². The number of likely N-dealkylation sites (tertiary alicyclic amines) is 1. The minimum atomic E-state index is -0.0993. The minimum absolute atomic E-state index is 0.00526. The monoisotopic (exact) mass is 344 g/mol. The summed E-state index contributed by atoms with van der Waals surface area (Å²) in [6, 6.07) is -0.0940. The summed E-state index contributed by atoms with van der Waals surface area (Å²) >= 11 is 0. The van der Waals surface area contributed by atoms with E-state index in [9.17, 15) is 4.79 Å². The van der Waals surface area contributed by atoms with Gasteiger partial charge in [-0.15, -0.1) is 0 Å². The van der Waals surface area contributed by atoms with Crippen molar-refractivity contribution in [2.24, 2.45) is 0 Å². The van der Waals surface area contributed by atoms with Crippen LogP contribution in [0.2, 0.25) is 0 Å². The van der Waals surface area contributed by atoms with Crippen molar-refractivity contribution in [1.82, 2.24) is 24.6 Å². The Morgan fingerprint density at radius 1 is 1.36 bits per heavy atom. The molecule has 0 bridgehead atoms. The molecule has 2 atom stereocenters. The lowest BCUT2D eigenvalue weighted by atomic mass is 10.0. The van der Waals surface area contributed by atoms with Crippen molar-refractivity contribution in [2.45, 2.75) is 50.8 Å². The maximum Gasteiger partial charge on any atom is 0.322 e. The van der Waals surface area contributed by atoms with Gasteiger partial charge in [0.25, 0.3) is 0 Å². The molecule has 8 nitrogen and oxygen atoms in total. The molecular weight excluding hydrogens is 320 g/mol.